The average Bonchev–Trinajstić information content (AvgIpc) is 3.46. The van der Waals surface area contributed by atoms with E-state index in [2.05, 4.69) is 4.98 Å². The fourth-order valence-corrected chi connectivity index (χ4v) is 4.34. The molecule has 0 saturated carbocycles. The molecule has 4 nitrogen and oxygen atoms in total. The number of carbonyl (C=O) groups is 1. The summed E-state index contributed by atoms with van der Waals surface area (Å²) in [7, 11) is 0. The van der Waals surface area contributed by atoms with Crippen LogP contribution in [0.1, 0.15) is 35.9 Å². The van der Waals surface area contributed by atoms with Gasteiger partial charge >= 0.3 is 6.18 Å². The van der Waals surface area contributed by atoms with Crippen LogP contribution in [0.2, 0.25) is 0 Å². The summed E-state index contributed by atoms with van der Waals surface area (Å²) in [4.78, 5) is 19.2. The van der Waals surface area contributed by atoms with E-state index in [0.717, 1.165) is 24.1 Å². The fraction of sp³-hybridized carbons (Fsp3) is 0.231. The minimum Gasteiger partial charge on any atom is -0.438 e. The standard InChI is InChI=1S/C26H20F4N2O2/c27-20-9-6-16(7-10-20)13-24(33)32-12-2-5-22(32)25-31-21-15-18(8-11-23(21)34-25)17-3-1-4-19(14-17)26(28,29)30/h1,3-4,6-11,14-15,22H,2,5,12-13H2. The van der Waals surface area contributed by atoms with Crippen LogP contribution in [0, 0.1) is 5.82 Å². The molecular weight excluding hydrogens is 448 g/mol. The molecule has 1 aliphatic heterocycles. The largest absolute Gasteiger partial charge is 0.438 e. The smallest absolute Gasteiger partial charge is 0.416 e. The van der Waals surface area contributed by atoms with Gasteiger partial charge in [-0.2, -0.15) is 13.2 Å². The van der Waals surface area contributed by atoms with Gasteiger partial charge in [0.15, 0.2) is 5.58 Å². The number of carbonyl (C=O) groups excluding carboxylic acids is 1. The lowest BCUT2D eigenvalue weighted by Gasteiger charge is -2.22. The van der Waals surface area contributed by atoms with Gasteiger partial charge in [-0.3, -0.25) is 4.79 Å². The number of hydrogen-bond acceptors (Lipinski definition) is 3. The molecule has 0 bridgehead atoms. The Morgan fingerprint density at radius 1 is 1.03 bits per heavy atom. The highest BCUT2D eigenvalue weighted by molar-refractivity contribution is 5.81. The lowest BCUT2D eigenvalue weighted by molar-refractivity contribution is -0.137. The van der Waals surface area contributed by atoms with Gasteiger partial charge < -0.3 is 9.32 Å². The Balaban J connectivity index is 1.40. The summed E-state index contributed by atoms with van der Waals surface area (Å²) >= 11 is 0. The molecule has 34 heavy (non-hydrogen) atoms. The van der Waals surface area contributed by atoms with Crippen LogP contribution in [0.15, 0.2) is 71.1 Å². The average molecular weight is 468 g/mol. The Bertz CT molecular complexity index is 1350. The first-order chi connectivity index (χ1) is 16.3. The first kappa shape index (κ1) is 22.1. The van der Waals surface area contributed by atoms with Gasteiger partial charge in [0.05, 0.1) is 12.0 Å². The summed E-state index contributed by atoms with van der Waals surface area (Å²) in [6, 6.07) is 15.7. The van der Waals surface area contributed by atoms with Gasteiger partial charge in [0.25, 0.3) is 0 Å². The number of alkyl halides is 3. The quantitative estimate of drug-likeness (QED) is 0.319. The van der Waals surface area contributed by atoms with E-state index in [-0.39, 0.29) is 24.2 Å². The van der Waals surface area contributed by atoms with Gasteiger partial charge in [-0.1, -0.05) is 30.3 Å². The zero-order valence-corrected chi connectivity index (χ0v) is 18.0. The van der Waals surface area contributed by atoms with Crippen molar-refractivity contribution in [2.45, 2.75) is 31.5 Å². The van der Waals surface area contributed by atoms with Crippen LogP contribution in [-0.4, -0.2) is 22.3 Å². The Kier molecular flexibility index (Phi) is 5.59. The van der Waals surface area contributed by atoms with E-state index in [0.29, 0.717) is 41.1 Å². The number of amides is 1. The molecule has 1 saturated heterocycles. The molecule has 5 rings (SSSR count). The summed E-state index contributed by atoms with van der Waals surface area (Å²) in [6.07, 6.45) is -2.78. The molecule has 0 spiro atoms. The topological polar surface area (TPSA) is 46.3 Å². The first-order valence-electron chi connectivity index (χ1n) is 10.9. The van der Waals surface area contributed by atoms with E-state index >= 15 is 0 Å². The third-order valence-electron chi connectivity index (χ3n) is 6.05. The molecule has 0 aliphatic carbocycles. The normalized spacial score (nSPS) is 16.4. The maximum absolute atomic E-state index is 13.2. The molecule has 0 radical (unpaired) electrons. The van der Waals surface area contributed by atoms with Crippen molar-refractivity contribution in [2.75, 3.05) is 6.54 Å². The van der Waals surface area contributed by atoms with Crippen molar-refractivity contribution in [3.05, 3.63) is 89.6 Å². The van der Waals surface area contributed by atoms with E-state index < -0.39 is 11.7 Å². The van der Waals surface area contributed by atoms with Gasteiger partial charge in [0.1, 0.15) is 17.4 Å². The number of benzene rings is 3. The van der Waals surface area contributed by atoms with Crippen LogP contribution in [0.25, 0.3) is 22.2 Å². The van der Waals surface area contributed by atoms with Crippen LogP contribution in [0.5, 0.6) is 0 Å². The monoisotopic (exact) mass is 468 g/mol. The number of aromatic nitrogens is 1. The van der Waals surface area contributed by atoms with E-state index in [1.54, 1.807) is 41.3 Å². The number of nitrogens with zero attached hydrogens (tertiary/aromatic N) is 2. The summed E-state index contributed by atoms with van der Waals surface area (Å²) < 4.78 is 58.4. The number of fused-ring (bicyclic) bond motifs is 1. The third kappa shape index (κ3) is 4.40. The van der Waals surface area contributed by atoms with Crippen LogP contribution < -0.4 is 0 Å². The highest BCUT2D eigenvalue weighted by atomic mass is 19.4. The molecule has 174 valence electrons. The van der Waals surface area contributed by atoms with Crippen molar-refractivity contribution in [2.24, 2.45) is 0 Å². The van der Waals surface area contributed by atoms with Crippen LogP contribution in [0.4, 0.5) is 17.6 Å². The lowest BCUT2D eigenvalue weighted by atomic mass is 10.0. The molecule has 0 N–H and O–H groups in total. The molecule has 4 aromatic rings. The predicted molar refractivity (Wildman–Crippen MR) is 118 cm³/mol. The van der Waals surface area contributed by atoms with E-state index in [9.17, 15) is 22.4 Å². The second-order valence-electron chi connectivity index (χ2n) is 8.36. The van der Waals surface area contributed by atoms with Crippen molar-refractivity contribution in [1.82, 2.24) is 9.88 Å². The highest BCUT2D eigenvalue weighted by Crippen LogP contribution is 2.36. The maximum atomic E-state index is 13.2. The summed E-state index contributed by atoms with van der Waals surface area (Å²) in [5.41, 5.74) is 2.05. The second-order valence-corrected chi connectivity index (χ2v) is 8.36. The highest BCUT2D eigenvalue weighted by Gasteiger charge is 2.34. The van der Waals surface area contributed by atoms with Crippen molar-refractivity contribution in [1.29, 1.82) is 0 Å². The molecular formula is C26H20F4N2O2. The molecule has 3 aromatic carbocycles. The zero-order valence-electron chi connectivity index (χ0n) is 18.0. The number of oxazole rings is 1. The maximum Gasteiger partial charge on any atom is 0.416 e. The molecule has 8 heteroatoms. The number of hydrogen-bond donors (Lipinski definition) is 0. The van der Waals surface area contributed by atoms with Gasteiger partial charge in [0, 0.05) is 6.54 Å². The Labute approximate surface area is 192 Å². The van der Waals surface area contributed by atoms with Crippen molar-refractivity contribution in [3.8, 4) is 11.1 Å². The van der Waals surface area contributed by atoms with Crippen LogP contribution in [-0.2, 0) is 17.4 Å². The number of likely N-dealkylation sites (tertiary alicyclic amines) is 1. The minimum atomic E-state index is -4.42. The summed E-state index contributed by atoms with van der Waals surface area (Å²) in [6.45, 7) is 0.568. The predicted octanol–water partition coefficient (Wildman–Crippen LogP) is 6.56. The number of rotatable bonds is 4. The van der Waals surface area contributed by atoms with Crippen molar-refractivity contribution >= 4 is 17.0 Å². The Hall–Kier alpha value is -3.68. The first-order valence-corrected chi connectivity index (χ1v) is 10.9. The summed E-state index contributed by atoms with van der Waals surface area (Å²) in [5, 5.41) is 0. The summed E-state index contributed by atoms with van der Waals surface area (Å²) in [5.74, 6) is -0.0478. The molecule has 2 heterocycles. The SMILES string of the molecule is O=C(Cc1ccc(F)cc1)N1CCCC1c1nc2cc(-c3cccc(C(F)(F)F)c3)ccc2o1. The molecule has 1 unspecified atom stereocenters. The van der Waals surface area contributed by atoms with Crippen molar-refractivity contribution in [3.63, 3.8) is 0 Å². The molecule has 1 aromatic heterocycles. The Morgan fingerprint density at radius 2 is 1.79 bits per heavy atom. The molecule has 1 atom stereocenters. The minimum absolute atomic E-state index is 0.0963. The lowest BCUT2D eigenvalue weighted by Crippen LogP contribution is -2.32. The molecule has 1 aliphatic rings. The van der Waals surface area contributed by atoms with Gasteiger partial charge in [-0.05, 0) is 65.9 Å². The van der Waals surface area contributed by atoms with E-state index in [1.165, 1.54) is 18.2 Å². The Morgan fingerprint density at radius 3 is 2.56 bits per heavy atom. The zero-order chi connectivity index (χ0) is 23.9. The fourth-order valence-electron chi connectivity index (χ4n) is 4.34. The van der Waals surface area contributed by atoms with Gasteiger partial charge in [-0.25, -0.2) is 9.37 Å². The van der Waals surface area contributed by atoms with Crippen molar-refractivity contribution < 1.29 is 26.8 Å². The van der Waals surface area contributed by atoms with Crippen LogP contribution in [0.3, 0.4) is 0 Å². The van der Waals surface area contributed by atoms with Crippen LogP contribution >= 0.6 is 0 Å². The molecule has 1 fully saturated rings. The number of halogens is 4. The molecule has 1 amide bonds. The van der Waals surface area contributed by atoms with E-state index in [4.69, 9.17) is 4.42 Å². The van der Waals surface area contributed by atoms with Gasteiger partial charge in [-0.15, -0.1) is 0 Å². The second kappa shape index (κ2) is 8.59. The third-order valence-corrected chi connectivity index (χ3v) is 6.05. The van der Waals surface area contributed by atoms with E-state index in [1.807, 2.05) is 0 Å². The van der Waals surface area contributed by atoms with Gasteiger partial charge in [0.2, 0.25) is 11.8 Å².